The normalized spacial score (nSPS) is 15.4. The van der Waals surface area contributed by atoms with E-state index in [1.54, 1.807) is 17.0 Å². The van der Waals surface area contributed by atoms with Crippen molar-refractivity contribution < 1.29 is 14.3 Å². The quantitative estimate of drug-likeness (QED) is 0.726. The summed E-state index contributed by atoms with van der Waals surface area (Å²) < 4.78 is 5.09. The Bertz CT molecular complexity index is 537. The number of methoxy groups -OCH3 is 1. The Morgan fingerprint density at radius 1 is 1.52 bits per heavy atom. The second-order valence-electron chi connectivity index (χ2n) is 5.13. The van der Waals surface area contributed by atoms with Crippen molar-refractivity contribution in [1.29, 1.82) is 0 Å². The van der Waals surface area contributed by atoms with Gasteiger partial charge in [-0.15, -0.1) is 12.4 Å². The van der Waals surface area contributed by atoms with Gasteiger partial charge in [-0.25, -0.2) is 4.79 Å². The first-order valence-corrected chi connectivity index (χ1v) is 7.32. The van der Waals surface area contributed by atoms with E-state index in [2.05, 4.69) is 10.6 Å². The van der Waals surface area contributed by atoms with Gasteiger partial charge in [0.25, 0.3) is 0 Å². The van der Waals surface area contributed by atoms with Crippen LogP contribution in [0.3, 0.4) is 0 Å². The molecule has 1 heterocycles. The van der Waals surface area contributed by atoms with Crippen LogP contribution in [0.1, 0.15) is 12.8 Å². The molecule has 8 heteroatoms. The van der Waals surface area contributed by atoms with Crippen molar-refractivity contribution in [1.82, 2.24) is 5.32 Å². The van der Waals surface area contributed by atoms with Gasteiger partial charge in [0.1, 0.15) is 0 Å². The van der Waals surface area contributed by atoms with Gasteiger partial charge in [-0.3, -0.25) is 9.69 Å². The number of benzene rings is 1. The van der Waals surface area contributed by atoms with Crippen molar-refractivity contribution >= 4 is 35.7 Å². The highest BCUT2D eigenvalue weighted by Gasteiger charge is 2.19. The first kappa shape index (κ1) is 19.2. The summed E-state index contributed by atoms with van der Waals surface area (Å²) in [4.78, 5) is 25.5. The summed E-state index contributed by atoms with van der Waals surface area (Å²) in [5.74, 6) is -0.169. The zero-order valence-electron chi connectivity index (χ0n) is 13.1. The van der Waals surface area contributed by atoms with E-state index in [1.165, 1.54) is 7.11 Å². The average Bonchev–Trinajstić information content (AvgIpc) is 2.53. The number of hydrogen-bond acceptors (Lipinski definition) is 4. The predicted molar refractivity (Wildman–Crippen MR) is 92.1 cm³/mol. The summed E-state index contributed by atoms with van der Waals surface area (Å²) >= 11 is 0. The number of carbonyl (C=O) groups excluding carboxylic acids is 2. The molecule has 128 valence electrons. The molecule has 1 atom stereocenters. The number of nitrogens with two attached hydrogens (primary N) is 1. The van der Waals surface area contributed by atoms with Crippen LogP contribution in [-0.4, -0.2) is 44.8 Å². The summed E-state index contributed by atoms with van der Waals surface area (Å²) in [7, 11) is 1.53. The SMILES string of the molecule is COC(CN)CC(=O)Nc1cccc(N2CCCNC2=O)c1.Cl. The molecule has 7 nitrogen and oxygen atoms in total. The first-order chi connectivity index (χ1) is 10.6. The average molecular weight is 343 g/mol. The van der Waals surface area contributed by atoms with Crippen LogP contribution in [0.4, 0.5) is 16.2 Å². The third kappa shape index (κ3) is 5.38. The standard InChI is InChI=1S/C15H22N4O3.ClH/c1-22-13(10-16)9-14(20)18-11-4-2-5-12(8-11)19-7-3-6-17-15(19)21;/h2,4-5,8,13H,3,6-7,9-10,16H2,1H3,(H,17,21)(H,18,20);1H. The Kier molecular flexibility index (Phi) is 7.80. The molecule has 0 bridgehead atoms. The van der Waals surface area contributed by atoms with Gasteiger partial charge in [-0.2, -0.15) is 0 Å². The van der Waals surface area contributed by atoms with E-state index in [4.69, 9.17) is 10.5 Å². The van der Waals surface area contributed by atoms with Gasteiger partial charge in [0.2, 0.25) is 5.91 Å². The lowest BCUT2D eigenvalue weighted by Gasteiger charge is -2.27. The van der Waals surface area contributed by atoms with Crippen molar-refractivity contribution in [3.05, 3.63) is 24.3 Å². The van der Waals surface area contributed by atoms with E-state index in [0.29, 0.717) is 18.8 Å². The zero-order chi connectivity index (χ0) is 15.9. The maximum atomic E-state index is 12.0. The molecule has 1 saturated heterocycles. The number of nitrogens with zero attached hydrogens (tertiary/aromatic N) is 1. The molecule has 1 fully saturated rings. The van der Waals surface area contributed by atoms with E-state index in [-0.39, 0.29) is 43.4 Å². The lowest BCUT2D eigenvalue weighted by molar-refractivity contribution is -0.118. The maximum Gasteiger partial charge on any atom is 0.321 e. The predicted octanol–water partition coefficient (Wildman–Crippen LogP) is 1.33. The van der Waals surface area contributed by atoms with Crippen molar-refractivity contribution in [3.8, 4) is 0 Å². The van der Waals surface area contributed by atoms with Crippen molar-refractivity contribution in [3.63, 3.8) is 0 Å². The fourth-order valence-corrected chi connectivity index (χ4v) is 2.31. The Morgan fingerprint density at radius 3 is 2.96 bits per heavy atom. The molecule has 1 aromatic rings. The number of urea groups is 1. The van der Waals surface area contributed by atoms with Gasteiger partial charge in [0.05, 0.1) is 12.5 Å². The summed E-state index contributed by atoms with van der Waals surface area (Å²) in [6, 6.07) is 7.11. The highest BCUT2D eigenvalue weighted by Crippen LogP contribution is 2.21. The van der Waals surface area contributed by atoms with Crippen LogP contribution in [0.15, 0.2) is 24.3 Å². The van der Waals surface area contributed by atoms with Crippen molar-refractivity contribution in [2.24, 2.45) is 5.73 Å². The molecule has 3 amide bonds. The van der Waals surface area contributed by atoms with Gasteiger partial charge in [-0.05, 0) is 24.6 Å². The van der Waals surface area contributed by atoms with E-state index < -0.39 is 0 Å². The third-order valence-corrected chi connectivity index (χ3v) is 3.53. The van der Waals surface area contributed by atoms with Gasteiger partial charge in [-0.1, -0.05) is 6.07 Å². The molecule has 4 N–H and O–H groups in total. The van der Waals surface area contributed by atoms with E-state index in [9.17, 15) is 9.59 Å². The molecule has 0 aliphatic carbocycles. The topological polar surface area (TPSA) is 96.7 Å². The van der Waals surface area contributed by atoms with Crippen LogP contribution >= 0.6 is 12.4 Å². The highest BCUT2D eigenvalue weighted by atomic mass is 35.5. The molecule has 1 aliphatic heterocycles. The Balaban J connectivity index is 0.00000264. The van der Waals surface area contributed by atoms with Crippen molar-refractivity contribution in [2.75, 3.05) is 37.0 Å². The number of rotatable bonds is 6. The van der Waals surface area contributed by atoms with Gasteiger partial charge >= 0.3 is 6.03 Å². The number of ether oxygens (including phenoxy) is 1. The minimum atomic E-state index is -0.295. The fourth-order valence-electron chi connectivity index (χ4n) is 2.31. The number of carbonyl (C=O) groups is 2. The number of hydrogen-bond donors (Lipinski definition) is 3. The lowest BCUT2D eigenvalue weighted by Crippen LogP contribution is -2.46. The van der Waals surface area contributed by atoms with Crippen LogP contribution in [-0.2, 0) is 9.53 Å². The Morgan fingerprint density at radius 2 is 2.30 bits per heavy atom. The van der Waals surface area contributed by atoms with Crippen molar-refractivity contribution in [2.45, 2.75) is 18.9 Å². The summed E-state index contributed by atoms with van der Waals surface area (Å²) in [6.45, 7) is 1.66. The van der Waals surface area contributed by atoms with Gasteiger partial charge in [0, 0.05) is 38.1 Å². The Hall–Kier alpha value is -1.83. The number of anilines is 2. The van der Waals surface area contributed by atoms with Crippen LogP contribution in [0.2, 0.25) is 0 Å². The smallest absolute Gasteiger partial charge is 0.321 e. The third-order valence-electron chi connectivity index (χ3n) is 3.53. The second kappa shape index (κ2) is 9.34. The number of nitrogens with one attached hydrogen (secondary N) is 2. The number of amides is 3. The molecule has 1 unspecified atom stereocenters. The van der Waals surface area contributed by atoms with Gasteiger partial charge in [0.15, 0.2) is 0 Å². The largest absolute Gasteiger partial charge is 0.380 e. The van der Waals surface area contributed by atoms with Crippen LogP contribution in [0.25, 0.3) is 0 Å². The molecule has 0 aromatic heterocycles. The molecule has 0 spiro atoms. The van der Waals surface area contributed by atoms with E-state index in [1.807, 2.05) is 12.1 Å². The molecule has 2 rings (SSSR count). The van der Waals surface area contributed by atoms with E-state index >= 15 is 0 Å². The monoisotopic (exact) mass is 342 g/mol. The van der Waals surface area contributed by atoms with Crippen LogP contribution in [0.5, 0.6) is 0 Å². The summed E-state index contributed by atoms with van der Waals surface area (Å²) in [6.07, 6.45) is 0.798. The fraction of sp³-hybridized carbons (Fsp3) is 0.467. The molecule has 23 heavy (non-hydrogen) atoms. The minimum Gasteiger partial charge on any atom is -0.380 e. The molecular weight excluding hydrogens is 320 g/mol. The number of halogens is 1. The van der Waals surface area contributed by atoms with Crippen LogP contribution < -0.4 is 21.3 Å². The molecule has 1 aromatic carbocycles. The maximum absolute atomic E-state index is 12.0. The molecule has 0 saturated carbocycles. The summed E-state index contributed by atoms with van der Waals surface area (Å²) in [5, 5.41) is 5.60. The summed E-state index contributed by atoms with van der Waals surface area (Å²) in [5.41, 5.74) is 6.91. The highest BCUT2D eigenvalue weighted by molar-refractivity contribution is 5.95. The zero-order valence-corrected chi connectivity index (χ0v) is 13.9. The first-order valence-electron chi connectivity index (χ1n) is 7.32. The molecular formula is C15H23ClN4O3. The van der Waals surface area contributed by atoms with E-state index in [0.717, 1.165) is 12.1 Å². The lowest BCUT2D eigenvalue weighted by atomic mass is 10.2. The second-order valence-corrected chi connectivity index (χ2v) is 5.13. The van der Waals surface area contributed by atoms with Gasteiger partial charge < -0.3 is 21.1 Å². The van der Waals surface area contributed by atoms with Crippen LogP contribution in [0, 0.1) is 0 Å². The molecule has 0 radical (unpaired) electrons. The molecule has 1 aliphatic rings. The minimum absolute atomic E-state index is 0. The Labute approximate surface area is 141 Å².